The van der Waals surface area contributed by atoms with E-state index in [1.54, 1.807) is 0 Å². The molecular weight excluding hydrogens is 412 g/mol. The Bertz CT molecular complexity index is 988. The van der Waals surface area contributed by atoms with Crippen LogP contribution in [0.1, 0.15) is 58.1 Å². The molecule has 0 spiro atoms. The Morgan fingerprint density at radius 1 is 1.39 bits per heavy atom. The Balaban J connectivity index is 1.91. The Morgan fingerprint density at radius 2 is 2.16 bits per heavy atom. The van der Waals surface area contributed by atoms with E-state index in [4.69, 9.17) is 4.99 Å². The zero-order chi connectivity index (χ0) is 22.6. The highest BCUT2D eigenvalue weighted by Gasteiger charge is 2.35. The average Bonchev–Trinajstić information content (AvgIpc) is 3.38. The molecule has 0 saturated carbocycles. The molecule has 1 fully saturated rings. The molecule has 0 amide bonds. The number of aliphatic imine (C=N–C) groups is 1. The zero-order valence-electron chi connectivity index (χ0n) is 19.0. The van der Waals surface area contributed by atoms with Crippen LogP contribution in [-0.2, 0) is 10.0 Å². The summed E-state index contributed by atoms with van der Waals surface area (Å²) >= 11 is 0. The smallest absolute Gasteiger partial charge is 0.211 e. The Morgan fingerprint density at radius 3 is 2.81 bits per heavy atom. The van der Waals surface area contributed by atoms with Crippen LogP contribution in [0.15, 0.2) is 23.0 Å². The van der Waals surface area contributed by atoms with Gasteiger partial charge in [0.1, 0.15) is 5.84 Å². The summed E-state index contributed by atoms with van der Waals surface area (Å²) in [6.45, 7) is 9.03. The summed E-state index contributed by atoms with van der Waals surface area (Å²) in [7, 11) is -3.22. The SMILES string of the molecule is CCNC1=N/CCC(C)C/C(c2cnn(C(CC#N)C3CCN(S(C)(=O)=O)C3)c2)=C\1C. The van der Waals surface area contributed by atoms with Crippen LogP contribution in [0.3, 0.4) is 0 Å². The molecule has 9 heteroatoms. The fourth-order valence-corrected chi connectivity index (χ4v) is 5.47. The molecule has 1 saturated heterocycles. The third-order valence-electron chi connectivity index (χ3n) is 6.39. The van der Waals surface area contributed by atoms with Crippen molar-refractivity contribution in [3.05, 3.63) is 23.5 Å². The van der Waals surface area contributed by atoms with Crippen molar-refractivity contribution in [3.63, 3.8) is 0 Å². The van der Waals surface area contributed by atoms with Crippen molar-refractivity contribution in [1.29, 1.82) is 5.26 Å². The number of aromatic nitrogens is 2. The van der Waals surface area contributed by atoms with Crippen LogP contribution in [0.2, 0.25) is 0 Å². The second-order valence-electron chi connectivity index (χ2n) is 8.77. The van der Waals surface area contributed by atoms with Crippen LogP contribution in [0, 0.1) is 23.2 Å². The number of hydrogen-bond donors (Lipinski definition) is 1. The number of amidine groups is 1. The van der Waals surface area contributed by atoms with Gasteiger partial charge in [-0.3, -0.25) is 9.67 Å². The second-order valence-corrected chi connectivity index (χ2v) is 10.8. The molecule has 0 aliphatic carbocycles. The molecule has 3 heterocycles. The summed E-state index contributed by atoms with van der Waals surface area (Å²) in [6, 6.07) is 2.13. The quantitative estimate of drug-likeness (QED) is 0.724. The molecule has 3 unspecified atom stereocenters. The van der Waals surface area contributed by atoms with Gasteiger partial charge in [0, 0.05) is 37.9 Å². The van der Waals surface area contributed by atoms with Crippen LogP contribution in [0.4, 0.5) is 0 Å². The van der Waals surface area contributed by atoms with Gasteiger partial charge in [-0.25, -0.2) is 12.7 Å². The molecule has 0 radical (unpaired) electrons. The predicted molar refractivity (Wildman–Crippen MR) is 123 cm³/mol. The molecule has 2 aliphatic rings. The number of sulfonamides is 1. The lowest BCUT2D eigenvalue weighted by Crippen LogP contribution is -2.29. The van der Waals surface area contributed by atoms with Crippen LogP contribution in [0.5, 0.6) is 0 Å². The minimum atomic E-state index is -3.22. The van der Waals surface area contributed by atoms with Gasteiger partial charge in [0.05, 0.1) is 31.0 Å². The lowest BCUT2D eigenvalue weighted by Gasteiger charge is -2.22. The first-order valence-corrected chi connectivity index (χ1v) is 12.9. The summed E-state index contributed by atoms with van der Waals surface area (Å²) in [5, 5.41) is 17.4. The minimum absolute atomic E-state index is 0.0762. The molecule has 170 valence electrons. The third-order valence-corrected chi connectivity index (χ3v) is 7.66. The van der Waals surface area contributed by atoms with Crippen LogP contribution in [-0.4, -0.2) is 60.8 Å². The number of likely N-dealkylation sites (N-methyl/N-ethyl adjacent to an activating group) is 1. The van der Waals surface area contributed by atoms with Gasteiger partial charge >= 0.3 is 0 Å². The standard InChI is InChI=1S/C22H34N6O2S/c1-5-24-22-17(3)20(12-16(2)7-10-25-22)19-13-26-28(15-19)21(6-9-23)18-8-11-27(14-18)31(4,29)30/h13,15-16,18,21H,5-8,10-12,14H2,1-4H3,(H,24,25)/b20-17+. The summed E-state index contributed by atoms with van der Waals surface area (Å²) in [5.41, 5.74) is 3.43. The third kappa shape index (κ3) is 5.55. The number of nitrogens with zero attached hydrogens (tertiary/aromatic N) is 5. The van der Waals surface area contributed by atoms with E-state index >= 15 is 0 Å². The first-order valence-electron chi connectivity index (χ1n) is 11.1. The Labute approximate surface area is 186 Å². The highest BCUT2D eigenvalue weighted by atomic mass is 32.2. The molecular formula is C22H34N6O2S. The van der Waals surface area contributed by atoms with E-state index in [1.165, 1.54) is 16.1 Å². The fraction of sp³-hybridized carbons (Fsp3) is 0.682. The second kappa shape index (κ2) is 9.96. The van der Waals surface area contributed by atoms with Crippen LogP contribution < -0.4 is 5.32 Å². The number of nitrogens with one attached hydrogen (secondary N) is 1. The summed E-state index contributed by atoms with van der Waals surface area (Å²) in [4.78, 5) is 4.76. The minimum Gasteiger partial charge on any atom is -0.370 e. The topological polar surface area (TPSA) is 103 Å². The van der Waals surface area contributed by atoms with E-state index in [9.17, 15) is 13.7 Å². The number of nitriles is 1. The molecule has 3 rings (SSSR count). The van der Waals surface area contributed by atoms with E-state index in [0.717, 1.165) is 49.3 Å². The summed E-state index contributed by atoms with van der Waals surface area (Å²) in [5.74, 6) is 1.55. The molecule has 0 aromatic carbocycles. The van der Waals surface area contributed by atoms with E-state index in [2.05, 4.69) is 37.3 Å². The molecule has 0 bridgehead atoms. The molecule has 31 heavy (non-hydrogen) atoms. The van der Waals surface area contributed by atoms with Crippen molar-refractivity contribution >= 4 is 21.4 Å². The normalized spacial score (nSPS) is 28.3. The lowest BCUT2D eigenvalue weighted by atomic mass is 9.90. The molecule has 1 N–H and O–H groups in total. The average molecular weight is 447 g/mol. The maximum atomic E-state index is 11.9. The van der Waals surface area contributed by atoms with Crippen molar-refractivity contribution in [1.82, 2.24) is 19.4 Å². The fourth-order valence-electron chi connectivity index (χ4n) is 4.57. The van der Waals surface area contributed by atoms with E-state index in [-0.39, 0.29) is 12.0 Å². The largest absolute Gasteiger partial charge is 0.370 e. The van der Waals surface area contributed by atoms with Crippen molar-refractivity contribution in [2.45, 2.75) is 52.5 Å². The van der Waals surface area contributed by atoms with E-state index in [0.29, 0.717) is 25.4 Å². The van der Waals surface area contributed by atoms with Crippen molar-refractivity contribution < 1.29 is 8.42 Å². The van der Waals surface area contributed by atoms with Gasteiger partial charge < -0.3 is 5.32 Å². The first kappa shape index (κ1) is 23.5. The molecule has 3 atom stereocenters. The van der Waals surface area contributed by atoms with Crippen molar-refractivity contribution in [3.8, 4) is 6.07 Å². The highest BCUT2D eigenvalue weighted by molar-refractivity contribution is 7.88. The summed E-state index contributed by atoms with van der Waals surface area (Å²) in [6.07, 6.45) is 8.20. The number of allylic oxidation sites excluding steroid dienone is 1. The Kier molecular flexibility index (Phi) is 7.55. The maximum Gasteiger partial charge on any atom is 0.211 e. The van der Waals surface area contributed by atoms with Gasteiger partial charge in [-0.1, -0.05) is 6.92 Å². The molecule has 8 nitrogen and oxygen atoms in total. The van der Waals surface area contributed by atoms with E-state index in [1.807, 2.05) is 17.1 Å². The number of rotatable bonds is 6. The summed E-state index contributed by atoms with van der Waals surface area (Å²) < 4.78 is 27.3. The van der Waals surface area contributed by atoms with Crippen molar-refractivity contribution in [2.75, 3.05) is 32.4 Å². The van der Waals surface area contributed by atoms with Gasteiger partial charge in [0.15, 0.2) is 0 Å². The highest BCUT2D eigenvalue weighted by Crippen LogP contribution is 2.34. The zero-order valence-corrected chi connectivity index (χ0v) is 19.8. The monoisotopic (exact) mass is 446 g/mol. The Hall–Kier alpha value is -2.18. The predicted octanol–water partition coefficient (Wildman–Crippen LogP) is 2.83. The number of hydrogen-bond acceptors (Lipinski definition) is 6. The lowest BCUT2D eigenvalue weighted by molar-refractivity contribution is 0.317. The molecule has 2 aliphatic heterocycles. The molecule has 1 aromatic rings. The van der Waals surface area contributed by atoms with Gasteiger partial charge in [-0.15, -0.1) is 0 Å². The maximum absolute atomic E-state index is 11.9. The van der Waals surface area contributed by atoms with Gasteiger partial charge in [0.25, 0.3) is 0 Å². The van der Waals surface area contributed by atoms with Gasteiger partial charge in [-0.05, 0) is 56.1 Å². The van der Waals surface area contributed by atoms with Crippen LogP contribution in [0.25, 0.3) is 5.57 Å². The van der Waals surface area contributed by atoms with Gasteiger partial charge in [-0.2, -0.15) is 10.4 Å². The van der Waals surface area contributed by atoms with E-state index < -0.39 is 10.0 Å². The van der Waals surface area contributed by atoms with Gasteiger partial charge in [0.2, 0.25) is 10.0 Å². The first-order chi connectivity index (χ1) is 14.7. The molecule has 1 aromatic heterocycles. The van der Waals surface area contributed by atoms with Crippen molar-refractivity contribution in [2.24, 2.45) is 16.8 Å². The van der Waals surface area contributed by atoms with Crippen LogP contribution >= 0.6 is 0 Å².